The van der Waals surface area contributed by atoms with E-state index in [2.05, 4.69) is 17.1 Å². The van der Waals surface area contributed by atoms with Crippen LogP contribution in [0.3, 0.4) is 0 Å². The number of nitrogens with zero attached hydrogens (tertiary/aromatic N) is 1. The van der Waals surface area contributed by atoms with Crippen molar-refractivity contribution in [3.8, 4) is 0 Å². The Bertz CT molecular complexity index is 424. The normalized spacial score (nSPS) is 18.1. The van der Waals surface area contributed by atoms with Gasteiger partial charge in [-0.2, -0.15) is 0 Å². The van der Waals surface area contributed by atoms with E-state index in [1.807, 2.05) is 6.92 Å². The van der Waals surface area contributed by atoms with Crippen molar-refractivity contribution in [2.24, 2.45) is 5.92 Å². The van der Waals surface area contributed by atoms with Gasteiger partial charge in [0.05, 0.1) is 0 Å². The van der Waals surface area contributed by atoms with Gasteiger partial charge < -0.3 is 5.32 Å². The molecule has 118 valence electrons. The van der Waals surface area contributed by atoms with Crippen LogP contribution in [0.25, 0.3) is 0 Å². The first-order chi connectivity index (χ1) is 10.1. The van der Waals surface area contributed by atoms with Crippen LogP contribution >= 0.6 is 0 Å². The molecule has 1 aromatic rings. The molecule has 1 saturated heterocycles. The summed E-state index contributed by atoms with van der Waals surface area (Å²) in [7, 11) is 0. The van der Waals surface area contributed by atoms with Gasteiger partial charge in [0.25, 0.3) is 0 Å². The summed E-state index contributed by atoms with van der Waals surface area (Å²) in [6.07, 6.45) is 3.28. The fourth-order valence-electron chi connectivity index (χ4n) is 3.22. The molecule has 0 spiro atoms. The number of halogens is 2. The fourth-order valence-corrected chi connectivity index (χ4v) is 3.22. The van der Waals surface area contributed by atoms with Gasteiger partial charge in [-0.25, -0.2) is 8.78 Å². The standard InChI is InChI=1S/C17H26F2N2/c1-3-11-21(12-14-7-9-20-10-8-14)13(2)17-15(18)5-4-6-16(17)19/h4-6,13-14,20H,3,7-12H2,1-2H3. The number of hydrogen-bond acceptors (Lipinski definition) is 2. The van der Waals surface area contributed by atoms with Crippen LogP contribution in [0.5, 0.6) is 0 Å². The molecule has 2 rings (SSSR count). The predicted molar refractivity (Wildman–Crippen MR) is 82.2 cm³/mol. The Morgan fingerprint density at radius 3 is 2.43 bits per heavy atom. The second kappa shape index (κ2) is 7.85. The van der Waals surface area contributed by atoms with Gasteiger partial charge in [0.2, 0.25) is 0 Å². The molecule has 1 heterocycles. The molecule has 0 aromatic heterocycles. The quantitative estimate of drug-likeness (QED) is 0.860. The molecule has 1 aliphatic rings. The molecule has 4 heteroatoms. The molecule has 0 bridgehead atoms. The third-order valence-electron chi connectivity index (χ3n) is 4.43. The van der Waals surface area contributed by atoms with Crippen molar-refractivity contribution in [1.82, 2.24) is 10.2 Å². The highest BCUT2D eigenvalue weighted by atomic mass is 19.1. The lowest BCUT2D eigenvalue weighted by atomic mass is 9.95. The van der Waals surface area contributed by atoms with E-state index in [1.165, 1.54) is 18.2 Å². The van der Waals surface area contributed by atoms with Gasteiger partial charge in [-0.05, 0) is 63.9 Å². The zero-order valence-electron chi connectivity index (χ0n) is 13.0. The van der Waals surface area contributed by atoms with Gasteiger partial charge in [-0.15, -0.1) is 0 Å². The third kappa shape index (κ3) is 4.24. The first-order valence-electron chi connectivity index (χ1n) is 8.02. The maximum absolute atomic E-state index is 14.0. The Balaban J connectivity index is 2.12. The molecule has 1 fully saturated rings. The van der Waals surface area contributed by atoms with E-state index in [4.69, 9.17) is 0 Å². The highest BCUT2D eigenvalue weighted by Gasteiger charge is 2.25. The lowest BCUT2D eigenvalue weighted by Gasteiger charge is -2.34. The van der Waals surface area contributed by atoms with Crippen LogP contribution in [-0.4, -0.2) is 31.1 Å². The molecule has 1 aliphatic heterocycles. The first kappa shape index (κ1) is 16.4. The Morgan fingerprint density at radius 2 is 1.86 bits per heavy atom. The van der Waals surface area contributed by atoms with Crippen LogP contribution in [0, 0.1) is 17.6 Å². The molecule has 21 heavy (non-hydrogen) atoms. The van der Waals surface area contributed by atoms with Crippen molar-refractivity contribution >= 4 is 0 Å². The Kier molecular flexibility index (Phi) is 6.12. The van der Waals surface area contributed by atoms with Gasteiger partial charge >= 0.3 is 0 Å². The summed E-state index contributed by atoms with van der Waals surface area (Å²) in [5.74, 6) is -0.252. The topological polar surface area (TPSA) is 15.3 Å². The minimum absolute atomic E-state index is 0.208. The van der Waals surface area contributed by atoms with E-state index < -0.39 is 11.6 Å². The van der Waals surface area contributed by atoms with Crippen LogP contribution in [-0.2, 0) is 0 Å². The average molecular weight is 296 g/mol. The summed E-state index contributed by atoms with van der Waals surface area (Å²) in [4.78, 5) is 2.23. The molecule has 1 N–H and O–H groups in total. The second-order valence-electron chi connectivity index (χ2n) is 6.00. The summed E-state index contributed by atoms with van der Waals surface area (Å²) in [6.45, 7) is 7.92. The molecular weight excluding hydrogens is 270 g/mol. The van der Waals surface area contributed by atoms with Crippen LogP contribution in [0.2, 0.25) is 0 Å². The first-order valence-corrected chi connectivity index (χ1v) is 8.02. The number of rotatable bonds is 6. The second-order valence-corrected chi connectivity index (χ2v) is 6.00. The monoisotopic (exact) mass is 296 g/mol. The van der Waals surface area contributed by atoms with Crippen molar-refractivity contribution in [2.75, 3.05) is 26.2 Å². The van der Waals surface area contributed by atoms with E-state index in [9.17, 15) is 8.78 Å². The molecular formula is C17H26F2N2. The van der Waals surface area contributed by atoms with Gasteiger partial charge in [-0.1, -0.05) is 13.0 Å². The molecule has 0 amide bonds. The number of hydrogen-bond donors (Lipinski definition) is 1. The lowest BCUT2D eigenvalue weighted by Crippen LogP contribution is -2.38. The highest BCUT2D eigenvalue weighted by Crippen LogP contribution is 2.28. The van der Waals surface area contributed by atoms with Gasteiger partial charge in [0, 0.05) is 18.2 Å². The van der Waals surface area contributed by atoms with Crippen molar-refractivity contribution < 1.29 is 8.78 Å². The molecule has 1 unspecified atom stereocenters. The minimum Gasteiger partial charge on any atom is -0.317 e. The van der Waals surface area contributed by atoms with Crippen LogP contribution in [0.15, 0.2) is 18.2 Å². The Morgan fingerprint density at radius 1 is 1.24 bits per heavy atom. The molecule has 0 radical (unpaired) electrons. The summed E-state index contributed by atoms with van der Waals surface area (Å²) in [6, 6.07) is 3.91. The van der Waals surface area contributed by atoms with Crippen molar-refractivity contribution in [1.29, 1.82) is 0 Å². The summed E-state index contributed by atoms with van der Waals surface area (Å²) < 4.78 is 28.0. The van der Waals surface area contributed by atoms with Crippen LogP contribution in [0.1, 0.15) is 44.7 Å². The largest absolute Gasteiger partial charge is 0.317 e. The van der Waals surface area contributed by atoms with Crippen molar-refractivity contribution in [3.63, 3.8) is 0 Å². The average Bonchev–Trinajstić information content (AvgIpc) is 2.47. The number of benzene rings is 1. The van der Waals surface area contributed by atoms with E-state index >= 15 is 0 Å². The zero-order valence-corrected chi connectivity index (χ0v) is 13.0. The number of nitrogens with one attached hydrogen (secondary N) is 1. The van der Waals surface area contributed by atoms with E-state index in [0.29, 0.717) is 5.92 Å². The minimum atomic E-state index is -0.436. The summed E-state index contributed by atoms with van der Waals surface area (Å²) in [5, 5.41) is 3.36. The molecule has 1 aromatic carbocycles. The smallest absolute Gasteiger partial charge is 0.130 e. The Hall–Kier alpha value is -1.00. The van der Waals surface area contributed by atoms with Gasteiger partial charge in [0.1, 0.15) is 11.6 Å². The number of piperidine rings is 1. The predicted octanol–water partition coefficient (Wildman–Crippen LogP) is 3.74. The van der Waals surface area contributed by atoms with E-state index in [-0.39, 0.29) is 11.6 Å². The van der Waals surface area contributed by atoms with Gasteiger partial charge in [0.15, 0.2) is 0 Å². The zero-order chi connectivity index (χ0) is 15.2. The maximum Gasteiger partial charge on any atom is 0.130 e. The lowest BCUT2D eigenvalue weighted by molar-refractivity contribution is 0.156. The SMILES string of the molecule is CCCN(CC1CCNCC1)C(C)c1c(F)cccc1F. The molecule has 2 nitrogen and oxygen atoms in total. The van der Waals surface area contributed by atoms with Crippen molar-refractivity contribution in [3.05, 3.63) is 35.4 Å². The molecule has 0 saturated carbocycles. The van der Waals surface area contributed by atoms with Crippen LogP contribution in [0.4, 0.5) is 8.78 Å². The molecule has 1 atom stereocenters. The summed E-state index contributed by atoms with van der Waals surface area (Å²) in [5.41, 5.74) is 0.208. The van der Waals surface area contributed by atoms with Crippen molar-refractivity contribution in [2.45, 2.75) is 39.2 Å². The maximum atomic E-state index is 14.0. The third-order valence-corrected chi connectivity index (χ3v) is 4.43. The van der Waals surface area contributed by atoms with E-state index in [1.54, 1.807) is 0 Å². The van der Waals surface area contributed by atoms with Gasteiger partial charge in [-0.3, -0.25) is 4.90 Å². The summed E-state index contributed by atoms with van der Waals surface area (Å²) >= 11 is 0. The molecule has 0 aliphatic carbocycles. The fraction of sp³-hybridized carbons (Fsp3) is 0.647. The highest BCUT2D eigenvalue weighted by molar-refractivity contribution is 5.23. The Labute approximate surface area is 126 Å². The van der Waals surface area contributed by atoms with Crippen LogP contribution < -0.4 is 5.32 Å². The van der Waals surface area contributed by atoms with E-state index in [0.717, 1.165) is 45.4 Å².